The van der Waals surface area contributed by atoms with Crippen molar-refractivity contribution in [3.8, 4) is 17.2 Å². The fourth-order valence-corrected chi connectivity index (χ4v) is 5.12. The van der Waals surface area contributed by atoms with Gasteiger partial charge in [0, 0.05) is 23.6 Å². The molecule has 1 aliphatic heterocycles. The summed E-state index contributed by atoms with van der Waals surface area (Å²) >= 11 is 6.30. The van der Waals surface area contributed by atoms with Gasteiger partial charge in [0.1, 0.15) is 17.3 Å². The molecule has 6 N–H and O–H groups in total. The molecule has 1 aliphatic rings. The molecule has 0 amide bonds. The van der Waals surface area contributed by atoms with Gasteiger partial charge in [-0.2, -0.15) is 15.0 Å². The maximum Gasteiger partial charge on any atom is 0.224 e. The number of hydrogen-bond acceptors (Lipinski definition) is 12. The van der Waals surface area contributed by atoms with Crippen LogP contribution in [0.2, 0.25) is 5.28 Å². The molecule has 12 nitrogen and oxygen atoms in total. The second kappa shape index (κ2) is 11.5. The number of nitrogens with zero attached hydrogens (tertiary/aromatic N) is 5. The fraction of sp³-hybridized carbons (Fsp3) is 0.167. The van der Waals surface area contributed by atoms with E-state index in [0.29, 0.717) is 46.1 Å². The van der Waals surface area contributed by atoms with Crippen molar-refractivity contribution in [2.75, 3.05) is 43.4 Å². The maximum atomic E-state index is 6.30. The number of aromatic nitrogens is 4. The maximum absolute atomic E-state index is 6.30. The van der Waals surface area contributed by atoms with Crippen LogP contribution >= 0.6 is 11.6 Å². The van der Waals surface area contributed by atoms with Gasteiger partial charge in [0.2, 0.25) is 11.2 Å². The van der Waals surface area contributed by atoms with Crippen LogP contribution in [-0.4, -0.2) is 47.0 Å². The number of ether oxygens (including phenoxy) is 3. The lowest BCUT2D eigenvalue weighted by molar-refractivity contribution is 0.356. The first-order chi connectivity index (χ1) is 20.8. The second-order valence-electron chi connectivity index (χ2n) is 9.67. The van der Waals surface area contributed by atoms with Gasteiger partial charge in [0.15, 0.2) is 23.1 Å². The largest absolute Gasteiger partial charge is 0.497 e. The van der Waals surface area contributed by atoms with E-state index < -0.39 is 0 Å². The van der Waals surface area contributed by atoms with Crippen LogP contribution in [0.15, 0.2) is 65.7 Å². The molecule has 0 saturated heterocycles. The molecule has 2 aromatic heterocycles. The van der Waals surface area contributed by atoms with E-state index in [9.17, 15) is 0 Å². The van der Waals surface area contributed by atoms with E-state index in [-0.39, 0.29) is 23.1 Å². The lowest BCUT2D eigenvalue weighted by Gasteiger charge is -2.19. The van der Waals surface area contributed by atoms with E-state index in [1.54, 1.807) is 27.4 Å². The summed E-state index contributed by atoms with van der Waals surface area (Å²) in [6.45, 7) is 0. The van der Waals surface area contributed by atoms with E-state index in [0.717, 1.165) is 28.3 Å². The minimum absolute atomic E-state index is 0.0621. The molecule has 0 aliphatic carbocycles. The summed E-state index contributed by atoms with van der Waals surface area (Å²) in [7, 11) is 4.77. The Morgan fingerprint density at radius 1 is 0.884 bits per heavy atom. The normalized spacial score (nSPS) is 14.2. The Bertz CT molecular complexity index is 1870. The van der Waals surface area contributed by atoms with Crippen LogP contribution in [-0.2, 0) is 0 Å². The first-order valence-corrected chi connectivity index (χ1v) is 13.6. The molecule has 1 atom stereocenters. The summed E-state index contributed by atoms with van der Waals surface area (Å²) in [5, 5.41) is 7.64. The number of benzene rings is 3. The van der Waals surface area contributed by atoms with Gasteiger partial charge in [-0.1, -0.05) is 24.3 Å². The van der Waals surface area contributed by atoms with Gasteiger partial charge in [0.05, 0.1) is 38.6 Å². The Kier molecular flexibility index (Phi) is 7.43. The minimum Gasteiger partial charge on any atom is -0.497 e. The number of fused-ring (bicyclic) bond motifs is 2. The first kappa shape index (κ1) is 27.8. The number of methoxy groups -OCH3 is 3. The molecule has 5 aromatic rings. The Morgan fingerprint density at radius 3 is 2.40 bits per heavy atom. The van der Waals surface area contributed by atoms with Gasteiger partial charge in [-0.3, -0.25) is 0 Å². The van der Waals surface area contributed by atoms with Crippen molar-refractivity contribution in [2.24, 2.45) is 4.99 Å². The van der Waals surface area contributed by atoms with Crippen molar-refractivity contribution in [1.82, 2.24) is 19.9 Å². The highest BCUT2D eigenvalue weighted by molar-refractivity contribution is 6.29. The van der Waals surface area contributed by atoms with Gasteiger partial charge < -0.3 is 36.3 Å². The van der Waals surface area contributed by atoms with Crippen LogP contribution in [0.3, 0.4) is 0 Å². The predicted octanol–water partition coefficient (Wildman–Crippen LogP) is 5.68. The van der Waals surface area contributed by atoms with Crippen LogP contribution in [0.25, 0.3) is 10.9 Å². The average molecular weight is 598 g/mol. The zero-order chi connectivity index (χ0) is 30.1. The smallest absolute Gasteiger partial charge is 0.224 e. The highest BCUT2D eigenvalue weighted by Crippen LogP contribution is 2.39. The quantitative estimate of drug-likeness (QED) is 0.170. The molecule has 43 heavy (non-hydrogen) atoms. The number of aliphatic imine (C=N–C) groups is 1. The number of nitrogen functional groups attached to an aromatic ring is 2. The van der Waals surface area contributed by atoms with Gasteiger partial charge in [-0.05, 0) is 53.1 Å². The van der Waals surface area contributed by atoms with Gasteiger partial charge in [-0.25, -0.2) is 9.98 Å². The summed E-state index contributed by atoms with van der Waals surface area (Å²) in [6.07, 6.45) is 0.519. The first-order valence-electron chi connectivity index (χ1n) is 13.2. The standard InChI is InChI=1S/C30H28ClN9O3/c1-41-18-9-7-15(8-10-18)20-13-21(35-25-26(32)38-30(33)40-28(25)36-20)16-5-4-6-17(11-16)34-27-19-12-23(42-2)24(43-3)14-22(19)37-29(31)39-27/h4-12,14,20H,13H2,1-3H3,(H,34,37,39)(H5,32,33,36,38,40). The summed E-state index contributed by atoms with van der Waals surface area (Å²) in [5.74, 6) is 3.05. The van der Waals surface area contributed by atoms with Gasteiger partial charge in [0.25, 0.3) is 0 Å². The van der Waals surface area contributed by atoms with E-state index in [4.69, 9.17) is 42.3 Å². The van der Waals surface area contributed by atoms with Crippen LogP contribution < -0.4 is 36.3 Å². The Morgan fingerprint density at radius 2 is 1.65 bits per heavy atom. The minimum atomic E-state index is -0.191. The molecule has 0 saturated carbocycles. The number of nitrogens with two attached hydrogens (primary N) is 2. The third-order valence-corrected chi connectivity index (χ3v) is 7.20. The van der Waals surface area contributed by atoms with E-state index >= 15 is 0 Å². The highest BCUT2D eigenvalue weighted by Gasteiger charge is 2.25. The van der Waals surface area contributed by atoms with Crippen molar-refractivity contribution < 1.29 is 14.2 Å². The Labute approximate surface area is 252 Å². The summed E-state index contributed by atoms with van der Waals surface area (Å²) < 4.78 is 16.3. The molecule has 13 heteroatoms. The van der Waals surface area contributed by atoms with Crippen LogP contribution in [0.4, 0.5) is 34.8 Å². The molecule has 0 fully saturated rings. The molecule has 0 bridgehead atoms. The number of nitrogens with one attached hydrogen (secondary N) is 2. The number of anilines is 5. The molecule has 3 aromatic carbocycles. The number of halogens is 1. The van der Waals surface area contributed by atoms with Crippen molar-refractivity contribution in [3.63, 3.8) is 0 Å². The summed E-state index contributed by atoms with van der Waals surface area (Å²) in [4.78, 5) is 22.3. The van der Waals surface area contributed by atoms with Crippen molar-refractivity contribution in [1.29, 1.82) is 0 Å². The van der Waals surface area contributed by atoms with Crippen molar-refractivity contribution in [2.45, 2.75) is 12.5 Å². The molecule has 3 heterocycles. The van der Waals surface area contributed by atoms with Crippen molar-refractivity contribution in [3.05, 3.63) is 77.1 Å². The van der Waals surface area contributed by atoms with Crippen LogP contribution in [0, 0.1) is 0 Å². The number of hydrogen-bond donors (Lipinski definition) is 4. The highest BCUT2D eigenvalue weighted by atomic mass is 35.5. The average Bonchev–Trinajstić information content (AvgIpc) is 3.21. The molecule has 1 unspecified atom stereocenters. The lowest BCUT2D eigenvalue weighted by Crippen LogP contribution is -2.15. The zero-order valence-corrected chi connectivity index (χ0v) is 24.3. The van der Waals surface area contributed by atoms with Crippen LogP contribution in [0.5, 0.6) is 17.2 Å². The summed E-state index contributed by atoms with van der Waals surface area (Å²) in [5.41, 5.74) is 16.6. The fourth-order valence-electron chi connectivity index (χ4n) is 4.95. The molecular formula is C30H28ClN9O3. The zero-order valence-electron chi connectivity index (χ0n) is 23.6. The molecular weight excluding hydrogens is 570 g/mol. The predicted molar refractivity (Wildman–Crippen MR) is 168 cm³/mol. The van der Waals surface area contributed by atoms with Gasteiger partial charge in [-0.15, -0.1) is 0 Å². The van der Waals surface area contributed by atoms with Crippen LogP contribution in [0.1, 0.15) is 23.6 Å². The third-order valence-electron chi connectivity index (χ3n) is 7.03. The van der Waals surface area contributed by atoms with E-state index in [1.165, 1.54) is 0 Å². The number of rotatable bonds is 7. The lowest BCUT2D eigenvalue weighted by atomic mass is 9.97. The van der Waals surface area contributed by atoms with E-state index in [1.807, 2.05) is 54.6 Å². The molecule has 218 valence electrons. The van der Waals surface area contributed by atoms with Gasteiger partial charge >= 0.3 is 0 Å². The van der Waals surface area contributed by atoms with E-state index in [2.05, 4.69) is 30.6 Å². The topological polar surface area (TPSA) is 168 Å². The Hall–Kier alpha value is -5.36. The third kappa shape index (κ3) is 5.60. The second-order valence-corrected chi connectivity index (χ2v) is 10.0. The molecule has 6 rings (SSSR count). The molecule has 0 spiro atoms. The summed E-state index contributed by atoms with van der Waals surface area (Å²) in [6, 6.07) is 19.0. The molecule has 0 radical (unpaired) electrons. The SMILES string of the molecule is COc1ccc(C2CC(c3cccc(Nc4nc(Cl)nc5cc(OC)c(OC)cc45)c3)=Nc3c(N)nc(N)nc3N2)cc1. The van der Waals surface area contributed by atoms with Crippen molar-refractivity contribution >= 4 is 63.0 Å². The monoisotopic (exact) mass is 597 g/mol. The Balaban J connectivity index is 1.40.